The van der Waals surface area contributed by atoms with Gasteiger partial charge in [-0.05, 0) is 25.5 Å². The number of benzene rings is 1. The molecular formula is C16H16BrClFNO6S. The van der Waals surface area contributed by atoms with Gasteiger partial charge in [0.25, 0.3) is 5.78 Å². The lowest BCUT2D eigenvalue weighted by molar-refractivity contribution is -0.142. The molecule has 1 atom stereocenters. The fourth-order valence-electron chi connectivity index (χ4n) is 2.34. The van der Waals surface area contributed by atoms with E-state index in [4.69, 9.17) is 21.1 Å². The number of alkyl halides is 1. The summed E-state index contributed by atoms with van der Waals surface area (Å²) in [6.45, 7) is 2.36. The first-order valence-electron chi connectivity index (χ1n) is 7.68. The van der Waals surface area contributed by atoms with Crippen LogP contribution in [0.1, 0.15) is 25.8 Å². The minimum atomic E-state index is -3.87. The normalized spacial score (nSPS) is 19.8. The van der Waals surface area contributed by atoms with Gasteiger partial charge in [0, 0.05) is 17.8 Å². The van der Waals surface area contributed by atoms with Crippen LogP contribution < -0.4 is 4.72 Å². The van der Waals surface area contributed by atoms with E-state index in [1.54, 1.807) is 0 Å². The zero-order chi connectivity index (χ0) is 20.4. The highest BCUT2D eigenvalue weighted by molar-refractivity contribution is 9.09. The second kappa shape index (κ2) is 8.15. The van der Waals surface area contributed by atoms with Crippen LogP contribution in [0.5, 0.6) is 0 Å². The van der Waals surface area contributed by atoms with Crippen LogP contribution in [0.3, 0.4) is 0 Å². The van der Waals surface area contributed by atoms with Gasteiger partial charge in [0.2, 0.25) is 21.7 Å². The van der Waals surface area contributed by atoms with Crippen LogP contribution in [-0.2, 0) is 34.7 Å². The van der Waals surface area contributed by atoms with E-state index < -0.39 is 44.8 Å². The van der Waals surface area contributed by atoms with Gasteiger partial charge < -0.3 is 9.47 Å². The van der Waals surface area contributed by atoms with E-state index in [1.807, 2.05) is 0 Å². The first-order chi connectivity index (χ1) is 12.5. The number of ketones is 1. The monoisotopic (exact) mass is 483 g/mol. The van der Waals surface area contributed by atoms with Crippen LogP contribution >= 0.6 is 27.5 Å². The molecule has 0 amide bonds. The first kappa shape index (κ1) is 21.6. The highest BCUT2D eigenvalue weighted by atomic mass is 79.9. The lowest BCUT2D eigenvalue weighted by atomic mass is 9.91. The quantitative estimate of drug-likeness (QED) is 0.472. The van der Waals surface area contributed by atoms with E-state index in [0.29, 0.717) is 11.8 Å². The Labute approximate surface area is 169 Å². The van der Waals surface area contributed by atoms with Gasteiger partial charge in [-0.2, -0.15) is 0 Å². The molecule has 0 aromatic heterocycles. The van der Waals surface area contributed by atoms with Crippen LogP contribution in [0.4, 0.5) is 4.39 Å². The van der Waals surface area contributed by atoms with Gasteiger partial charge in [-0.15, -0.1) is 0 Å². The molecular weight excluding hydrogens is 469 g/mol. The van der Waals surface area contributed by atoms with Gasteiger partial charge in [-0.25, -0.2) is 12.8 Å². The van der Waals surface area contributed by atoms with Crippen molar-refractivity contribution in [1.82, 2.24) is 4.72 Å². The fourth-order valence-corrected chi connectivity index (χ4v) is 4.15. The van der Waals surface area contributed by atoms with Gasteiger partial charge in [0.1, 0.15) is 5.82 Å². The third-order valence-electron chi connectivity index (χ3n) is 3.66. The summed E-state index contributed by atoms with van der Waals surface area (Å²) in [6.07, 6.45) is 0.305. The Kier molecular flexibility index (Phi) is 6.54. The average Bonchev–Trinajstić information content (AvgIpc) is 2.80. The predicted octanol–water partition coefficient (Wildman–Crippen LogP) is 2.73. The zero-order valence-corrected chi connectivity index (χ0v) is 17.5. The Morgan fingerprint density at radius 2 is 2.11 bits per heavy atom. The van der Waals surface area contributed by atoms with Gasteiger partial charge in [-0.3, -0.25) is 14.3 Å². The van der Waals surface area contributed by atoms with E-state index in [1.165, 1.54) is 19.1 Å². The summed E-state index contributed by atoms with van der Waals surface area (Å²) in [5.41, 5.74) is -1.72. The molecule has 0 fully saturated rings. The second-order valence-electron chi connectivity index (χ2n) is 5.81. The second-order valence-corrected chi connectivity index (χ2v) is 8.85. The molecule has 7 nitrogen and oxygen atoms in total. The minimum absolute atomic E-state index is 0.0775. The van der Waals surface area contributed by atoms with Crippen molar-refractivity contribution in [3.8, 4) is 0 Å². The molecule has 0 aliphatic carbocycles. The standard InChI is InChI=1S/C16H16BrClFNO6S/c1-9(21)25-13-14(22)16(2,10-4-5-11(18)12(19)8-10)26-15(13)20-27(23,24)7-3-6-17/h4-5,8,20H,3,6-7H2,1-2H3. The number of hydrogen-bond donors (Lipinski definition) is 1. The van der Waals surface area contributed by atoms with Crippen molar-refractivity contribution in [2.75, 3.05) is 11.1 Å². The zero-order valence-electron chi connectivity index (χ0n) is 14.3. The van der Waals surface area contributed by atoms with Gasteiger partial charge in [0.15, 0.2) is 5.60 Å². The maximum Gasteiger partial charge on any atom is 0.308 e. The summed E-state index contributed by atoms with van der Waals surface area (Å²) in [4.78, 5) is 24.2. The maximum absolute atomic E-state index is 13.8. The summed E-state index contributed by atoms with van der Waals surface area (Å²) >= 11 is 8.78. The number of carbonyl (C=O) groups is 2. The Hall–Kier alpha value is -1.65. The third kappa shape index (κ3) is 4.80. The number of ether oxygens (including phenoxy) is 2. The number of carbonyl (C=O) groups excluding carboxylic acids is 2. The molecule has 1 N–H and O–H groups in total. The highest BCUT2D eigenvalue weighted by Crippen LogP contribution is 2.39. The molecule has 0 bridgehead atoms. The van der Waals surface area contributed by atoms with E-state index in [9.17, 15) is 22.4 Å². The van der Waals surface area contributed by atoms with Gasteiger partial charge >= 0.3 is 5.97 Å². The molecule has 0 saturated carbocycles. The molecule has 148 valence electrons. The van der Waals surface area contributed by atoms with Crippen LogP contribution in [0.2, 0.25) is 5.02 Å². The highest BCUT2D eigenvalue weighted by Gasteiger charge is 2.50. The molecule has 1 unspecified atom stereocenters. The Morgan fingerprint density at radius 1 is 1.44 bits per heavy atom. The molecule has 27 heavy (non-hydrogen) atoms. The van der Waals surface area contributed by atoms with E-state index in [-0.39, 0.29) is 16.3 Å². The van der Waals surface area contributed by atoms with E-state index >= 15 is 0 Å². The van der Waals surface area contributed by atoms with Crippen molar-refractivity contribution in [3.05, 3.63) is 46.2 Å². The summed E-state index contributed by atoms with van der Waals surface area (Å²) in [6, 6.07) is 3.59. The predicted molar refractivity (Wildman–Crippen MR) is 99.0 cm³/mol. The minimum Gasteiger partial charge on any atom is -0.456 e. The topological polar surface area (TPSA) is 98.8 Å². The lowest BCUT2D eigenvalue weighted by Gasteiger charge is -2.24. The number of halogens is 3. The number of sulfonamides is 1. The molecule has 1 aliphatic rings. The van der Waals surface area contributed by atoms with Crippen molar-refractivity contribution in [1.29, 1.82) is 0 Å². The number of nitrogens with one attached hydrogen (secondary N) is 1. The largest absolute Gasteiger partial charge is 0.456 e. The number of esters is 1. The van der Waals surface area contributed by atoms with Crippen molar-refractivity contribution in [3.63, 3.8) is 0 Å². The molecule has 0 saturated heterocycles. The van der Waals surface area contributed by atoms with Crippen molar-refractivity contribution in [2.45, 2.75) is 25.9 Å². The summed E-state index contributed by atoms with van der Waals surface area (Å²) < 4.78 is 50.6. The number of Topliss-reactive ketones (excluding diaryl/α,β-unsaturated/α-hetero) is 1. The fraction of sp³-hybridized carbons (Fsp3) is 0.375. The third-order valence-corrected chi connectivity index (χ3v) is 5.85. The molecule has 0 radical (unpaired) electrons. The molecule has 1 aromatic rings. The van der Waals surface area contributed by atoms with Gasteiger partial charge in [0.05, 0.1) is 10.8 Å². The molecule has 0 spiro atoms. The first-order valence-corrected chi connectivity index (χ1v) is 10.8. The number of hydrogen-bond acceptors (Lipinski definition) is 6. The lowest BCUT2D eigenvalue weighted by Crippen LogP contribution is -2.33. The molecule has 11 heteroatoms. The smallest absolute Gasteiger partial charge is 0.308 e. The SMILES string of the molecule is CC(=O)OC1=C(NS(=O)(=O)CCCBr)OC(C)(c2ccc(Cl)c(F)c2)C1=O. The summed E-state index contributed by atoms with van der Waals surface area (Å²) in [5, 5.41) is 0.294. The van der Waals surface area contributed by atoms with Gasteiger partial charge in [-0.1, -0.05) is 33.6 Å². The number of rotatable bonds is 7. The van der Waals surface area contributed by atoms with Crippen molar-refractivity contribution < 1.29 is 31.9 Å². The van der Waals surface area contributed by atoms with Crippen molar-refractivity contribution in [2.24, 2.45) is 0 Å². The molecule has 1 aliphatic heterocycles. The molecule has 1 heterocycles. The van der Waals surface area contributed by atoms with Crippen LogP contribution in [0.15, 0.2) is 29.8 Å². The Bertz CT molecular complexity index is 919. The van der Waals surface area contributed by atoms with Crippen molar-refractivity contribution >= 4 is 49.3 Å². The molecule has 1 aromatic carbocycles. The van der Waals surface area contributed by atoms with E-state index in [2.05, 4.69) is 20.7 Å². The Balaban J connectivity index is 2.43. The summed E-state index contributed by atoms with van der Waals surface area (Å²) in [7, 11) is -3.87. The maximum atomic E-state index is 13.8. The van der Waals surface area contributed by atoms with E-state index in [0.717, 1.165) is 13.0 Å². The summed E-state index contributed by atoms with van der Waals surface area (Å²) in [5.74, 6) is -3.83. The van der Waals surface area contributed by atoms with Crippen LogP contribution in [0, 0.1) is 5.82 Å². The van der Waals surface area contributed by atoms with Crippen LogP contribution in [0.25, 0.3) is 0 Å². The average molecular weight is 485 g/mol. The Morgan fingerprint density at radius 3 is 2.67 bits per heavy atom. The molecule has 2 rings (SSSR count). The van der Waals surface area contributed by atoms with Crippen LogP contribution in [-0.4, -0.2) is 31.3 Å².